The molecule has 166 valence electrons. The van der Waals surface area contributed by atoms with Crippen LogP contribution >= 0.6 is 34.7 Å². The normalized spacial score (nSPS) is 10.9. The minimum atomic E-state index is -0.191. The van der Waals surface area contributed by atoms with E-state index in [-0.39, 0.29) is 11.7 Å². The monoisotopic (exact) mass is 480 g/mol. The molecule has 7 nitrogen and oxygen atoms in total. The summed E-state index contributed by atoms with van der Waals surface area (Å²) in [6, 6.07) is 5.41. The van der Waals surface area contributed by atoms with Gasteiger partial charge in [0.2, 0.25) is 5.91 Å². The van der Waals surface area contributed by atoms with Crippen LogP contribution in [-0.2, 0) is 17.8 Å². The van der Waals surface area contributed by atoms with E-state index in [4.69, 9.17) is 21.1 Å². The molecule has 0 unspecified atom stereocenters. The number of ether oxygens (including phenoxy) is 2. The second-order valence-electron chi connectivity index (χ2n) is 6.64. The number of amides is 1. The molecule has 2 aromatic heterocycles. The number of carbonyl (C=O) groups excluding carboxylic acids is 1. The van der Waals surface area contributed by atoms with E-state index >= 15 is 0 Å². The molecule has 3 aromatic rings. The Morgan fingerprint density at radius 2 is 1.97 bits per heavy atom. The number of rotatable bonds is 10. The summed E-state index contributed by atoms with van der Waals surface area (Å²) in [6.45, 7) is 5.03. The minimum Gasteiger partial charge on any atom is -0.495 e. The SMILES string of the molecule is CCCn1c(SCC(=O)Nc2cc(OC)c(Cl)cc2OC)nnc1-c1csc(CC)c1. The molecule has 0 aliphatic heterocycles. The zero-order chi connectivity index (χ0) is 22.4. The molecular weight excluding hydrogens is 456 g/mol. The largest absolute Gasteiger partial charge is 0.495 e. The van der Waals surface area contributed by atoms with Gasteiger partial charge in [-0.1, -0.05) is 37.2 Å². The minimum absolute atomic E-state index is 0.180. The third-order valence-corrected chi connectivity index (χ3v) is 6.85. The van der Waals surface area contributed by atoms with E-state index in [2.05, 4.69) is 45.4 Å². The lowest BCUT2D eigenvalue weighted by Crippen LogP contribution is -2.15. The van der Waals surface area contributed by atoms with Gasteiger partial charge in [0, 0.05) is 34.5 Å². The number of halogens is 1. The van der Waals surface area contributed by atoms with Crippen molar-refractivity contribution in [2.45, 2.75) is 38.4 Å². The number of aryl methyl sites for hydroxylation is 1. The van der Waals surface area contributed by atoms with Crippen LogP contribution in [0.3, 0.4) is 0 Å². The second-order valence-corrected chi connectivity index (χ2v) is 8.98. The molecule has 10 heteroatoms. The first-order chi connectivity index (χ1) is 15.0. The number of carbonyl (C=O) groups is 1. The Balaban J connectivity index is 1.73. The number of hydrogen-bond donors (Lipinski definition) is 1. The third-order valence-electron chi connectivity index (χ3n) is 4.50. The van der Waals surface area contributed by atoms with Crippen LogP contribution in [0.2, 0.25) is 5.02 Å². The van der Waals surface area contributed by atoms with Gasteiger partial charge in [-0.25, -0.2) is 0 Å². The van der Waals surface area contributed by atoms with Crippen molar-refractivity contribution in [2.75, 3.05) is 25.3 Å². The standard InChI is InChI=1S/C21H25ClN4O3S2/c1-5-7-26-20(13-8-14(6-2)30-11-13)24-25-21(26)31-12-19(27)23-16-10-17(28-3)15(22)9-18(16)29-4/h8-11H,5-7,12H2,1-4H3,(H,23,27). The maximum absolute atomic E-state index is 12.6. The average Bonchev–Trinajstić information content (AvgIpc) is 3.40. The summed E-state index contributed by atoms with van der Waals surface area (Å²) in [5, 5.41) is 14.8. The lowest BCUT2D eigenvalue weighted by molar-refractivity contribution is -0.113. The third kappa shape index (κ3) is 5.53. The number of nitrogens with zero attached hydrogens (tertiary/aromatic N) is 3. The highest BCUT2D eigenvalue weighted by Gasteiger charge is 2.17. The Hall–Kier alpha value is -2.23. The predicted octanol–water partition coefficient (Wildman–Crippen LogP) is 5.38. The molecule has 0 radical (unpaired) electrons. The summed E-state index contributed by atoms with van der Waals surface area (Å²) in [5.74, 6) is 1.75. The van der Waals surface area contributed by atoms with Crippen LogP contribution < -0.4 is 14.8 Å². The summed E-state index contributed by atoms with van der Waals surface area (Å²) in [4.78, 5) is 13.9. The van der Waals surface area contributed by atoms with Gasteiger partial charge in [-0.05, 0) is 18.9 Å². The van der Waals surface area contributed by atoms with Gasteiger partial charge < -0.3 is 19.4 Å². The highest BCUT2D eigenvalue weighted by molar-refractivity contribution is 7.99. The van der Waals surface area contributed by atoms with Crippen LogP contribution in [0.1, 0.15) is 25.1 Å². The van der Waals surface area contributed by atoms with Gasteiger partial charge in [-0.15, -0.1) is 21.5 Å². The van der Waals surface area contributed by atoms with Gasteiger partial charge in [-0.2, -0.15) is 0 Å². The highest BCUT2D eigenvalue weighted by atomic mass is 35.5. The number of benzene rings is 1. The zero-order valence-electron chi connectivity index (χ0n) is 17.9. The summed E-state index contributed by atoms with van der Waals surface area (Å²) in [5.41, 5.74) is 1.56. The summed E-state index contributed by atoms with van der Waals surface area (Å²) in [7, 11) is 3.04. The molecule has 0 saturated carbocycles. The van der Waals surface area contributed by atoms with Crippen LogP contribution in [0, 0.1) is 0 Å². The van der Waals surface area contributed by atoms with Crippen molar-refractivity contribution in [3.63, 3.8) is 0 Å². The number of thioether (sulfide) groups is 1. The van der Waals surface area contributed by atoms with E-state index in [1.54, 1.807) is 23.5 Å². The number of methoxy groups -OCH3 is 2. The first-order valence-electron chi connectivity index (χ1n) is 9.85. The molecule has 31 heavy (non-hydrogen) atoms. The fourth-order valence-corrected chi connectivity index (χ4v) is 4.80. The number of anilines is 1. The fourth-order valence-electron chi connectivity index (χ4n) is 2.99. The topological polar surface area (TPSA) is 78.3 Å². The molecule has 0 atom stereocenters. The number of hydrogen-bond acceptors (Lipinski definition) is 7. The maximum atomic E-state index is 12.6. The molecule has 0 fully saturated rings. The van der Waals surface area contributed by atoms with Crippen molar-refractivity contribution in [1.29, 1.82) is 0 Å². The van der Waals surface area contributed by atoms with Crippen LogP contribution in [0.15, 0.2) is 28.7 Å². The van der Waals surface area contributed by atoms with Crippen molar-refractivity contribution in [2.24, 2.45) is 0 Å². The number of thiophene rings is 1. The second kappa shape index (κ2) is 10.9. The average molecular weight is 481 g/mol. The Bertz CT molecular complexity index is 1050. The van der Waals surface area contributed by atoms with Crippen molar-refractivity contribution >= 4 is 46.3 Å². The molecule has 0 spiro atoms. The molecule has 1 aromatic carbocycles. The molecule has 0 aliphatic rings. The van der Waals surface area contributed by atoms with Gasteiger partial charge in [0.25, 0.3) is 0 Å². The van der Waals surface area contributed by atoms with Crippen molar-refractivity contribution in [3.8, 4) is 22.9 Å². The van der Waals surface area contributed by atoms with Crippen molar-refractivity contribution in [3.05, 3.63) is 33.5 Å². The predicted molar refractivity (Wildman–Crippen MR) is 127 cm³/mol. The Morgan fingerprint density at radius 1 is 1.19 bits per heavy atom. The first-order valence-corrected chi connectivity index (χ1v) is 12.1. The van der Waals surface area contributed by atoms with E-state index in [1.807, 2.05) is 0 Å². The van der Waals surface area contributed by atoms with E-state index < -0.39 is 0 Å². The van der Waals surface area contributed by atoms with E-state index in [9.17, 15) is 4.79 Å². The van der Waals surface area contributed by atoms with Crippen LogP contribution in [0.25, 0.3) is 11.4 Å². The maximum Gasteiger partial charge on any atom is 0.234 e. The van der Waals surface area contributed by atoms with Gasteiger partial charge in [-0.3, -0.25) is 4.79 Å². The number of aromatic nitrogens is 3. The molecular formula is C21H25ClN4O3S2. The molecule has 2 heterocycles. The Labute approximate surface area is 195 Å². The molecule has 0 bridgehead atoms. The molecule has 0 aliphatic carbocycles. The van der Waals surface area contributed by atoms with Gasteiger partial charge >= 0.3 is 0 Å². The summed E-state index contributed by atoms with van der Waals surface area (Å²) in [6.07, 6.45) is 1.94. The fraction of sp³-hybridized carbons (Fsp3) is 0.381. The molecule has 1 N–H and O–H groups in total. The number of nitrogens with one attached hydrogen (secondary N) is 1. The zero-order valence-corrected chi connectivity index (χ0v) is 20.3. The highest BCUT2D eigenvalue weighted by Crippen LogP contribution is 2.36. The van der Waals surface area contributed by atoms with Crippen LogP contribution in [-0.4, -0.2) is 40.6 Å². The van der Waals surface area contributed by atoms with Crippen molar-refractivity contribution in [1.82, 2.24) is 14.8 Å². The van der Waals surface area contributed by atoms with E-state index in [1.165, 1.54) is 30.9 Å². The van der Waals surface area contributed by atoms with Gasteiger partial charge in [0.05, 0.1) is 30.7 Å². The summed E-state index contributed by atoms with van der Waals surface area (Å²) >= 11 is 9.21. The Kier molecular flexibility index (Phi) is 8.22. The first kappa shape index (κ1) is 23.4. The van der Waals surface area contributed by atoms with Crippen LogP contribution in [0.5, 0.6) is 11.5 Å². The van der Waals surface area contributed by atoms with Crippen LogP contribution in [0.4, 0.5) is 5.69 Å². The van der Waals surface area contributed by atoms with Gasteiger partial charge in [0.15, 0.2) is 11.0 Å². The summed E-state index contributed by atoms with van der Waals surface area (Å²) < 4.78 is 12.6. The molecule has 3 rings (SSSR count). The molecule has 0 saturated heterocycles. The Morgan fingerprint density at radius 3 is 2.61 bits per heavy atom. The van der Waals surface area contributed by atoms with Gasteiger partial charge in [0.1, 0.15) is 11.5 Å². The smallest absolute Gasteiger partial charge is 0.234 e. The lowest BCUT2D eigenvalue weighted by Gasteiger charge is -2.13. The van der Waals surface area contributed by atoms with Crippen molar-refractivity contribution < 1.29 is 14.3 Å². The van der Waals surface area contributed by atoms with E-state index in [0.29, 0.717) is 22.2 Å². The lowest BCUT2D eigenvalue weighted by atomic mass is 10.2. The molecule has 1 amide bonds. The quantitative estimate of drug-likeness (QED) is 0.392. The van der Waals surface area contributed by atoms with E-state index in [0.717, 1.165) is 35.9 Å².